The topological polar surface area (TPSA) is 46.6 Å². The Morgan fingerprint density at radius 1 is 1.56 bits per heavy atom. The average Bonchev–Trinajstić information content (AvgIpc) is 2.98. The number of rotatable bonds is 3. The lowest BCUT2D eigenvalue weighted by Crippen LogP contribution is -2.38. The van der Waals surface area contributed by atoms with Crippen LogP contribution >= 0.6 is 23.1 Å². The fourth-order valence-corrected chi connectivity index (χ4v) is 4.33. The molecule has 18 heavy (non-hydrogen) atoms. The fourth-order valence-electron chi connectivity index (χ4n) is 2.42. The summed E-state index contributed by atoms with van der Waals surface area (Å²) in [4.78, 5) is 8.22. The summed E-state index contributed by atoms with van der Waals surface area (Å²) in [6, 6.07) is 0. The van der Waals surface area contributed by atoms with Crippen molar-refractivity contribution in [2.24, 2.45) is 5.73 Å². The van der Waals surface area contributed by atoms with Gasteiger partial charge in [0.2, 0.25) is 0 Å². The number of hydrogen-bond acceptors (Lipinski definition) is 5. The lowest BCUT2D eigenvalue weighted by atomic mass is 10.3. The zero-order valence-electron chi connectivity index (χ0n) is 10.5. The Labute approximate surface area is 115 Å². The number of nitrogens with zero attached hydrogens (tertiary/aromatic N) is 3. The lowest BCUT2D eigenvalue weighted by Gasteiger charge is -2.32. The SMILES string of the molecule is CCC1CN(c2nc3sccn3c2CN)CCS1. The molecule has 0 amide bonds. The molecular weight excluding hydrogens is 264 g/mol. The normalized spacial score (nSPS) is 20.8. The lowest BCUT2D eigenvalue weighted by molar-refractivity contribution is 0.717. The minimum absolute atomic E-state index is 0.549. The average molecular weight is 282 g/mol. The van der Waals surface area contributed by atoms with Crippen LogP contribution in [0.5, 0.6) is 0 Å². The Kier molecular flexibility index (Phi) is 3.50. The predicted octanol–water partition coefficient (Wildman–Crippen LogP) is 2.19. The van der Waals surface area contributed by atoms with Gasteiger partial charge < -0.3 is 10.6 Å². The summed E-state index contributed by atoms with van der Waals surface area (Å²) in [6.07, 6.45) is 3.29. The third kappa shape index (κ3) is 2.02. The molecule has 0 radical (unpaired) electrons. The Bertz CT molecular complexity index is 533. The first-order valence-corrected chi connectivity index (χ1v) is 8.27. The minimum atomic E-state index is 0.549. The van der Waals surface area contributed by atoms with Gasteiger partial charge in [-0.1, -0.05) is 6.92 Å². The molecule has 3 rings (SSSR count). The summed E-state index contributed by atoms with van der Waals surface area (Å²) in [5.74, 6) is 2.29. The van der Waals surface area contributed by atoms with Crippen molar-refractivity contribution in [1.29, 1.82) is 0 Å². The van der Waals surface area contributed by atoms with E-state index in [2.05, 4.69) is 39.6 Å². The first kappa shape index (κ1) is 12.3. The number of nitrogens with two attached hydrogens (primary N) is 1. The van der Waals surface area contributed by atoms with Gasteiger partial charge in [0.25, 0.3) is 0 Å². The maximum atomic E-state index is 5.91. The third-order valence-corrected chi connectivity index (χ3v) is 5.56. The van der Waals surface area contributed by atoms with Crippen molar-refractivity contribution in [3.05, 3.63) is 17.3 Å². The van der Waals surface area contributed by atoms with Crippen molar-refractivity contribution in [2.75, 3.05) is 23.7 Å². The van der Waals surface area contributed by atoms with Crippen molar-refractivity contribution in [3.63, 3.8) is 0 Å². The van der Waals surface area contributed by atoms with E-state index < -0.39 is 0 Å². The highest BCUT2D eigenvalue weighted by Gasteiger charge is 2.24. The van der Waals surface area contributed by atoms with Gasteiger partial charge in [-0.3, -0.25) is 4.40 Å². The van der Waals surface area contributed by atoms with E-state index in [0.717, 1.165) is 34.8 Å². The van der Waals surface area contributed by atoms with E-state index in [4.69, 9.17) is 10.7 Å². The van der Waals surface area contributed by atoms with E-state index in [1.165, 1.54) is 12.2 Å². The van der Waals surface area contributed by atoms with E-state index in [9.17, 15) is 0 Å². The first-order valence-electron chi connectivity index (χ1n) is 6.34. The van der Waals surface area contributed by atoms with Crippen molar-refractivity contribution >= 4 is 33.9 Å². The van der Waals surface area contributed by atoms with Crippen molar-refractivity contribution in [1.82, 2.24) is 9.38 Å². The van der Waals surface area contributed by atoms with Gasteiger partial charge in [-0.05, 0) is 6.42 Å². The van der Waals surface area contributed by atoms with E-state index in [1.54, 1.807) is 11.3 Å². The summed E-state index contributed by atoms with van der Waals surface area (Å²) < 4.78 is 2.13. The largest absolute Gasteiger partial charge is 0.353 e. The van der Waals surface area contributed by atoms with E-state index >= 15 is 0 Å². The van der Waals surface area contributed by atoms with E-state index in [1.807, 2.05) is 0 Å². The molecule has 4 nitrogen and oxygen atoms in total. The summed E-state index contributed by atoms with van der Waals surface area (Å²) in [5, 5.41) is 2.79. The molecule has 1 aliphatic heterocycles. The third-order valence-electron chi connectivity index (χ3n) is 3.43. The zero-order valence-corrected chi connectivity index (χ0v) is 12.1. The molecule has 2 aromatic heterocycles. The molecule has 2 aromatic rings. The van der Waals surface area contributed by atoms with Crippen molar-refractivity contribution in [3.8, 4) is 0 Å². The Morgan fingerprint density at radius 2 is 2.44 bits per heavy atom. The molecule has 0 spiro atoms. The Hall–Kier alpha value is -0.720. The Balaban J connectivity index is 1.95. The minimum Gasteiger partial charge on any atom is -0.353 e. The number of imidazole rings is 1. The maximum absolute atomic E-state index is 5.91. The molecule has 1 saturated heterocycles. The number of hydrogen-bond donors (Lipinski definition) is 1. The van der Waals surface area contributed by atoms with E-state index in [0.29, 0.717) is 6.54 Å². The molecule has 0 bridgehead atoms. The summed E-state index contributed by atoms with van der Waals surface area (Å²) in [7, 11) is 0. The van der Waals surface area contributed by atoms with Crippen LogP contribution in [-0.2, 0) is 6.54 Å². The maximum Gasteiger partial charge on any atom is 0.195 e. The van der Waals surface area contributed by atoms with Gasteiger partial charge in [-0.25, -0.2) is 4.98 Å². The van der Waals surface area contributed by atoms with Crippen LogP contribution in [0.1, 0.15) is 19.0 Å². The molecule has 0 aliphatic carbocycles. The number of fused-ring (bicyclic) bond motifs is 1. The quantitative estimate of drug-likeness (QED) is 0.937. The van der Waals surface area contributed by atoms with Crippen LogP contribution in [0.15, 0.2) is 11.6 Å². The second-order valence-corrected chi connectivity index (χ2v) is 6.77. The highest BCUT2D eigenvalue weighted by atomic mass is 32.2. The summed E-state index contributed by atoms with van der Waals surface area (Å²) in [6.45, 7) is 4.99. The van der Waals surface area contributed by atoms with Gasteiger partial charge in [0.1, 0.15) is 0 Å². The van der Waals surface area contributed by atoms with Gasteiger partial charge in [0, 0.05) is 42.2 Å². The second kappa shape index (κ2) is 5.11. The number of thioether (sulfide) groups is 1. The highest BCUT2D eigenvalue weighted by Crippen LogP contribution is 2.29. The molecule has 0 aromatic carbocycles. The molecule has 0 saturated carbocycles. The van der Waals surface area contributed by atoms with Gasteiger partial charge >= 0.3 is 0 Å². The molecule has 1 aliphatic rings. The molecule has 2 N–H and O–H groups in total. The van der Waals surface area contributed by atoms with Crippen LogP contribution in [0.2, 0.25) is 0 Å². The number of aromatic nitrogens is 2. The zero-order chi connectivity index (χ0) is 12.5. The van der Waals surface area contributed by atoms with Gasteiger partial charge in [-0.15, -0.1) is 11.3 Å². The Morgan fingerprint density at radius 3 is 3.22 bits per heavy atom. The molecule has 1 atom stereocenters. The molecule has 98 valence electrons. The van der Waals surface area contributed by atoms with Crippen LogP contribution in [0.4, 0.5) is 5.82 Å². The molecular formula is C12H18N4S2. The van der Waals surface area contributed by atoms with Crippen LogP contribution in [0.3, 0.4) is 0 Å². The second-order valence-electron chi connectivity index (χ2n) is 4.49. The predicted molar refractivity (Wildman–Crippen MR) is 79.7 cm³/mol. The smallest absolute Gasteiger partial charge is 0.195 e. The standard InChI is InChI=1S/C12H18N4S2/c1-2-9-8-15(3-5-17-9)11-10(7-13)16-4-6-18-12(16)14-11/h4,6,9H,2-3,5,7-8,13H2,1H3. The van der Waals surface area contributed by atoms with Crippen LogP contribution in [0.25, 0.3) is 4.96 Å². The van der Waals surface area contributed by atoms with Crippen LogP contribution < -0.4 is 10.6 Å². The van der Waals surface area contributed by atoms with Gasteiger partial charge in [0.05, 0.1) is 5.69 Å². The summed E-state index contributed by atoms with van der Waals surface area (Å²) >= 11 is 3.75. The monoisotopic (exact) mass is 282 g/mol. The van der Waals surface area contributed by atoms with Crippen molar-refractivity contribution < 1.29 is 0 Å². The van der Waals surface area contributed by atoms with E-state index in [-0.39, 0.29) is 0 Å². The van der Waals surface area contributed by atoms with Gasteiger partial charge in [-0.2, -0.15) is 11.8 Å². The summed E-state index contributed by atoms with van der Waals surface area (Å²) in [5.41, 5.74) is 7.05. The highest BCUT2D eigenvalue weighted by molar-refractivity contribution is 8.00. The van der Waals surface area contributed by atoms with Crippen LogP contribution in [-0.4, -0.2) is 33.5 Å². The molecule has 3 heterocycles. The molecule has 6 heteroatoms. The number of anilines is 1. The first-order chi connectivity index (χ1) is 8.83. The van der Waals surface area contributed by atoms with Crippen LogP contribution in [0, 0.1) is 0 Å². The number of thiazole rings is 1. The molecule has 1 fully saturated rings. The molecule has 1 unspecified atom stereocenters. The van der Waals surface area contributed by atoms with Gasteiger partial charge in [0.15, 0.2) is 10.8 Å². The van der Waals surface area contributed by atoms with Crippen molar-refractivity contribution in [2.45, 2.75) is 25.1 Å². The fraction of sp³-hybridized carbons (Fsp3) is 0.583.